The molecule has 0 radical (unpaired) electrons. The van der Waals surface area contributed by atoms with E-state index in [1.807, 2.05) is 18.2 Å². The summed E-state index contributed by atoms with van der Waals surface area (Å²) in [5.74, 6) is -0.201. The molecule has 0 aliphatic carbocycles. The Kier molecular flexibility index (Phi) is 4.26. The first-order valence-electron chi connectivity index (χ1n) is 8.18. The van der Waals surface area contributed by atoms with E-state index >= 15 is 0 Å². The van der Waals surface area contributed by atoms with E-state index in [4.69, 9.17) is 0 Å². The molecule has 0 saturated heterocycles. The molecule has 132 valence electrons. The highest BCUT2D eigenvalue weighted by molar-refractivity contribution is 5.96. The van der Waals surface area contributed by atoms with Gasteiger partial charge in [-0.15, -0.1) is 0 Å². The van der Waals surface area contributed by atoms with Gasteiger partial charge in [0.1, 0.15) is 0 Å². The van der Waals surface area contributed by atoms with Crippen LogP contribution in [0.15, 0.2) is 36.7 Å². The molecule has 2 aromatic carbocycles. The molecule has 3 aromatic rings. The number of fused-ring (bicyclic) bond motifs is 1. The van der Waals surface area contributed by atoms with Gasteiger partial charge in [0.15, 0.2) is 0 Å². The van der Waals surface area contributed by atoms with Gasteiger partial charge < -0.3 is 15.0 Å². The SMILES string of the molecule is CN(C)C(=O)c1cc(C#N)c(C(C)(C)O)c(-c2ccc3nc[nH]c3c2)c1. The summed E-state index contributed by atoms with van der Waals surface area (Å²) in [7, 11) is 3.32. The Bertz CT molecular complexity index is 1040. The van der Waals surface area contributed by atoms with Crippen LogP contribution in [0, 0.1) is 11.3 Å². The molecule has 1 heterocycles. The Morgan fingerprint density at radius 1 is 1.27 bits per heavy atom. The normalized spacial score (nSPS) is 11.4. The van der Waals surface area contributed by atoms with Crippen molar-refractivity contribution in [1.29, 1.82) is 5.26 Å². The van der Waals surface area contributed by atoms with Crippen molar-refractivity contribution in [3.63, 3.8) is 0 Å². The number of nitriles is 1. The summed E-state index contributed by atoms with van der Waals surface area (Å²) >= 11 is 0. The molecule has 6 nitrogen and oxygen atoms in total. The lowest BCUT2D eigenvalue weighted by Gasteiger charge is -2.24. The standard InChI is InChI=1S/C20H20N4O2/c1-20(2,26)18-14(10-21)7-13(19(25)24(3)4)8-15(18)12-5-6-16-17(9-12)23-11-22-16/h5-9,11,26H,1-4H3,(H,22,23). The summed E-state index contributed by atoms with van der Waals surface area (Å²) in [5.41, 5.74) is 3.04. The number of benzene rings is 2. The number of nitrogens with zero attached hydrogens (tertiary/aromatic N) is 3. The molecule has 6 heteroatoms. The predicted octanol–water partition coefficient (Wildman–Crippen LogP) is 3.03. The second-order valence-corrected chi connectivity index (χ2v) is 6.95. The smallest absolute Gasteiger partial charge is 0.253 e. The number of carbonyl (C=O) groups is 1. The Hall–Kier alpha value is -3.17. The van der Waals surface area contributed by atoms with E-state index < -0.39 is 5.60 Å². The van der Waals surface area contributed by atoms with Crippen LogP contribution in [-0.2, 0) is 5.60 Å². The maximum Gasteiger partial charge on any atom is 0.253 e. The van der Waals surface area contributed by atoms with Gasteiger partial charge in [-0.1, -0.05) is 6.07 Å². The Morgan fingerprint density at radius 2 is 2.00 bits per heavy atom. The minimum absolute atomic E-state index is 0.201. The number of aliphatic hydroxyl groups is 1. The van der Waals surface area contributed by atoms with Crippen molar-refractivity contribution in [2.45, 2.75) is 19.4 Å². The summed E-state index contributed by atoms with van der Waals surface area (Å²) in [6.45, 7) is 3.27. The Morgan fingerprint density at radius 3 is 2.62 bits per heavy atom. The second kappa shape index (κ2) is 6.28. The van der Waals surface area contributed by atoms with Crippen LogP contribution in [0.1, 0.15) is 35.3 Å². The quantitative estimate of drug-likeness (QED) is 0.761. The Labute approximate surface area is 151 Å². The van der Waals surface area contributed by atoms with Crippen molar-refractivity contribution in [1.82, 2.24) is 14.9 Å². The summed E-state index contributed by atoms with van der Waals surface area (Å²) in [5, 5.41) is 20.3. The molecule has 1 amide bonds. The zero-order valence-corrected chi connectivity index (χ0v) is 15.2. The van der Waals surface area contributed by atoms with Gasteiger partial charge in [-0.3, -0.25) is 4.79 Å². The number of aromatic nitrogens is 2. The van der Waals surface area contributed by atoms with Crippen LogP contribution in [0.4, 0.5) is 0 Å². The summed E-state index contributed by atoms with van der Waals surface area (Å²) in [6.07, 6.45) is 1.61. The molecule has 0 fully saturated rings. The molecule has 0 atom stereocenters. The third-order valence-corrected chi connectivity index (χ3v) is 4.25. The van der Waals surface area contributed by atoms with E-state index in [1.165, 1.54) is 11.0 Å². The monoisotopic (exact) mass is 348 g/mol. The maximum atomic E-state index is 12.5. The first-order chi connectivity index (χ1) is 12.2. The number of hydrogen-bond donors (Lipinski definition) is 2. The van der Waals surface area contributed by atoms with E-state index in [0.717, 1.165) is 16.6 Å². The highest BCUT2D eigenvalue weighted by atomic mass is 16.3. The van der Waals surface area contributed by atoms with Gasteiger partial charge in [0.05, 0.1) is 34.6 Å². The molecule has 0 spiro atoms. The van der Waals surface area contributed by atoms with Crippen molar-refractivity contribution in [2.24, 2.45) is 0 Å². The molecular weight excluding hydrogens is 328 g/mol. The topological polar surface area (TPSA) is 93.0 Å². The number of imidazole rings is 1. The third-order valence-electron chi connectivity index (χ3n) is 4.25. The van der Waals surface area contributed by atoms with Crippen LogP contribution in [0.3, 0.4) is 0 Å². The first-order valence-corrected chi connectivity index (χ1v) is 8.18. The summed E-state index contributed by atoms with van der Waals surface area (Å²) in [4.78, 5) is 21.2. The highest BCUT2D eigenvalue weighted by Gasteiger charge is 2.27. The van der Waals surface area contributed by atoms with Crippen LogP contribution in [0.5, 0.6) is 0 Å². The van der Waals surface area contributed by atoms with Crippen LogP contribution in [0.2, 0.25) is 0 Å². The van der Waals surface area contributed by atoms with Crippen LogP contribution in [-0.4, -0.2) is 40.0 Å². The van der Waals surface area contributed by atoms with Crippen LogP contribution in [0.25, 0.3) is 22.2 Å². The second-order valence-electron chi connectivity index (χ2n) is 6.95. The van der Waals surface area contributed by atoms with E-state index in [9.17, 15) is 15.2 Å². The van der Waals surface area contributed by atoms with Crippen molar-refractivity contribution in [3.05, 3.63) is 53.3 Å². The molecule has 0 bridgehead atoms. The zero-order valence-electron chi connectivity index (χ0n) is 15.2. The fourth-order valence-electron chi connectivity index (χ4n) is 3.10. The Balaban J connectivity index is 2.34. The van der Waals surface area contributed by atoms with Gasteiger partial charge in [-0.05, 0) is 49.2 Å². The van der Waals surface area contributed by atoms with Crippen molar-refractivity contribution < 1.29 is 9.90 Å². The molecule has 1 aromatic heterocycles. The number of hydrogen-bond acceptors (Lipinski definition) is 4. The zero-order chi connectivity index (χ0) is 19.1. The third kappa shape index (κ3) is 3.05. The van der Waals surface area contributed by atoms with Gasteiger partial charge in [0.2, 0.25) is 0 Å². The number of H-pyrrole nitrogens is 1. The minimum atomic E-state index is -1.25. The molecule has 3 rings (SSSR count). The lowest BCUT2D eigenvalue weighted by molar-refractivity contribution is 0.0781. The predicted molar refractivity (Wildman–Crippen MR) is 99.5 cm³/mol. The fourth-order valence-corrected chi connectivity index (χ4v) is 3.10. The first kappa shape index (κ1) is 17.6. The van der Waals surface area contributed by atoms with Crippen LogP contribution < -0.4 is 0 Å². The molecule has 2 N–H and O–H groups in total. The summed E-state index contributed by atoms with van der Waals surface area (Å²) in [6, 6.07) is 11.0. The van der Waals surface area contributed by atoms with Gasteiger partial charge >= 0.3 is 0 Å². The average Bonchev–Trinajstić information content (AvgIpc) is 3.06. The lowest BCUT2D eigenvalue weighted by atomic mass is 9.84. The molecule has 0 aliphatic heterocycles. The molecule has 0 unspecified atom stereocenters. The average molecular weight is 348 g/mol. The van der Waals surface area contributed by atoms with Gasteiger partial charge in [0.25, 0.3) is 5.91 Å². The fraction of sp³-hybridized carbons (Fsp3) is 0.250. The highest BCUT2D eigenvalue weighted by Crippen LogP contribution is 2.36. The number of rotatable bonds is 3. The minimum Gasteiger partial charge on any atom is -0.386 e. The number of nitrogens with one attached hydrogen (secondary N) is 1. The maximum absolute atomic E-state index is 12.5. The van der Waals surface area contributed by atoms with E-state index in [-0.39, 0.29) is 11.5 Å². The summed E-state index contributed by atoms with van der Waals surface area (Å²) < 4.78 is 0. The van der Waals surface area contributed by atoms with E-state index in [1.54, 1.807) is 40.3 Å². The molecular formula is C20H20N4O2. The lowest BCUT2D eigenvalue weighted by Crippen LogP contribution is -2.24. The number of aromatic amines is 1. The van der Waals surface area contributed by atoms with Gasteiger partial charge in [-0.25, -0.2) is 4.98 Å². The van der Waals surface area contributed by atoms with Gasteiger partial charge in [0, 0.05) is 25.2 Å². The van der Waals surface area contributed by atoms with E-state index in [0.29, 0.717) is 16.7 Å². The van der Waals surface area contributed by atoms with Gasteiger partial charge in [-0.2, -0.15) is 5.26 Å². The molecule has 0 aliphatic rings. The van der Waals surface area contributed by atoms with Crippen molar-refractivity contribution in [3.8, 4) is 17.2 Å². The largest absolute Gasteiger partial charge is 0.386 e. The van der Waals surface area contributed by atoms with E-state index in [2.05, 4.69) is 16.0 Å². The number of carbonyl (C=O) groups excluding carboxylic acids is 1. The number of amides is 1. The van der Waals surface area contributed by atoms with Crippen LogP contribution >= 0.6 is 0 Å². The molecule has 26 heavy (non-hydrogen) atoms. The van der Waals surface area contributed by atoms with Crippen molar-refractivity contribution in [2.75, 3.05) is 14.1 Å². The molecule has 0 saturated carbocycles. The van der Waals surface area contributed by atoms with Crippen molar-refractivity contribution >= 4 is 16.9 Å².